The van der Waals surface area contributed by atoms with E-state index in [1.54, 1.807) is 30.4 Å². The van der Waals surface area contributed by atoms with Crippen molar-refractivity contribution in [1.82, 2.24) is 30.0 Å². The van der Waals surface area contributed by atoms with Gasteiger partial charge < -0.3 is 29.9 Å². The average molecular weight is 878 g/mol. The molecular formula is C51H71N7O4S. The molecule has 1 spiro atoms. The van der Waals surface area contributed by atoms with E-state index in [9.17, 15) is 9.59 Å². The molecular weight excluding hydrogens is 807 g/mol. The van der Waals surface area contributed by atoms with Gasteiger partial charge in [-0.05, 0) is 169 Å². The number of methoxy groups -OCH3 is 1. The van der Waals surface area contributed by atoms with E-state index in [-0.39, 0.29) is 18.1 Å². The molecule has 2 aromatic carbocycles. The molecule has 2 N–H and O–H groups in total. The fraction of sp³-hybridized carbons (Fsp3) is 0.608. The van der Waals surface area contributed by atoms with Crippen molar-refractivity contribution in [2.45, 2.75) is 123 Å². The lowest BCUT2D eigenvalue weighted by Gasteiger charge is -2.45. The van der Waals surface area contributed by atoms with Gasteiger partial charge in [-0.25, -0.2) is 14.8 Å². The summed E-state index contributed by atoms with van der Waals surface area (Å²) >= 11 is 1.71. The number of hydrogen-bond donors (Lipinski definition) is 2. The number of nitrogens with one attached hydrogen (secondary N) is 2. The Labute approximate surface area is 379 Å². The van der Waals surface area contributed by atoms with Gasteiger partial charge in [0.1, 0.15) is 23.0 Å². The molecule has 12 heteroatoms. The van der Waals surface area contributed by atoms with E-state index in [1.807, 2.05) is 39.8 Å². The van der Waals surface area contributed by atoms with Crippen molar-refractivity contribution >= 4 is 40.1 Å². The number of rotatable bonds is 11. The molecule has 0 unspecified atom stereocenters. The molecule has 4 heterocycles. The second-order valence-electron chi connectivity index (χ2n) is 20.2. The fourth-order valence-electron chi connectivity index (χ4n) is 10.8. The summed E-state index contributed by atoms with van der Waals surface area (Å²) in [6.07, 6.45) is 11.7. The number of ether oxygens (including phenoxy) is 2. The summed E-state index contributed by atoms with van der Waals surface area (Å²) < 4.78 is 11.6. The zero-order valence-electron chi connectivity index (χ0n) is 38.9. The number of fused-ring (bicyclic) bond motifs is 1. The zero-order chi connectivity index (χ0) is 44.3. The summed E-state index contributed by atoms with van der Waals surface area (Å²) in [6, 6.07) is 14.8. The van der Waals surface area contributed by atoms with Crippen LogP contribution in [-0.4, -0.2) is 102 Å². The van der Waals surface area contributed by atoms with Crippen molar-refractivity contribution in [3.05, 3.63) is 69.7 Å². The van der Waals surface area contributed by atoms with E-state index >= 15 is 0 Å². The van der Waals surface area contributed by atoms with Gasteiger partial charge in [0.05, 0.1) is 18.7 Å². The maximum Gasteiger partial charge on any atom is 0.410 e. The zero-order valence-corrected chi connectivity index (χ0v) is 39.7. The van der Waals surface area contributed by atoms with Crippen LogP contribution in [0.5, 0.6) is 5.75 Å². The van der Waals surface area contributed by atoms with Crippen LogP contribution in [0, 0.1) is 24.2 Å². The molecule has 0 bridgehead atoms. The lowest BCUT2D eigenvalue weighted by Crippen LogP contribution is -2.51. The molecule has 4 fully saturated rings. The number of anilines is 1. The molecule has 0 radical (unpaired) electrons. The molecule has 2 saturated heterocycles. The SMILES string of the molecule is COc1cc2nc(C)nc(N[C@H](C)c3cc(-c4ccccc4CN(C)C(=O)OC(C)(C)C)cs3)c2cc1C1CCC(C(=O)N2CCN(CC3CCC4(CCNCC4)CC3)CC2)CC1. The Morgan fingerprint density at radius 3 is 2.38 bits per heavy atom. The highest BCUT2D eigenvalue weighted by molar-refractivity contribution is 7.10. The van der Waals surface area contributed by atoms with Gasteiger partial charge in [-0.2, -0.15) is 0 Å². The summed E-state index contributed by atoms with van der Waals surface area (Å²) in [7, 11) is 3.52. The molecule has 8 rings (SSSR count). The maximum absolute atomic E-state index is 13.9. The maximum atomic E-state index is 13.9. The van der Waals surface area contributed by atoms with Gasteiger partial charge in [0.25, 0.3) is 0 Å². The fourth-order valence-corrected chi connectivity index (χ4v) is 11.8. The predicted molar refractivity (Wildman–Crippen MR) is 255 cm³/mol. The topological polar surface area (TPSA) is 112 Å². The van der Waals surface area contributed by atoms with Crippen LogP contribution >= 0.6 is 11.3 Å². The summed E-state index contributed by atoms with van der Waals surface area (Å²) in [4.78, 5) is 44.1. The van der Waals surface area contributed by atoms with Crippen molar-refractivity contribution in [2.24, 2.45) is 17.3 Å². The van der Waals surface area contributed by atoms with Crippen LogP contribution in [0.15, 0.2) is 47.8 Å². The first-order valence-electron chi connectivity index (χ1n) is 23.7. The normalized spacial score (nSPS) is 21.6. The minimum absolute atomic E-state index is 0.0225. The Kier molecular flexibility index (Phi) is 14.0. The third-order valence-electron chi connectivity index (χ3n) is 14.5. The van der Waals surface area contributed by atoms with Crippen LogP contribution in [0.1, 0.15) is 126 Å². The minimum Gasteiger partial charge on any atom is -0.496 e. The minimum atomic E-state index is -0.555. The van der Waals surface area contributed by atoms with E-state index < -0.39 is 5.60 Å². The highest BCUT2D eigenvalue weighted by Crippen LogP contribution is 2.46. The van der Waals surface area contributed by atoms with E-state index in [4.69, 9.17) is 19.4 Å². The van der Waals surface area contributed by atoms with E-state index in [0.29, 0.717) is 29.6 Å². The monoisotopic (exact) mass is 878 g/mol. The first-order chi connectivity index (χ1) is 30.3. The largest absolute Gasteiger partial charge is 0.496 e. The Bertz CT molecular complexity index is 2200. The molecule has 2 aliphatic heterocycles. The predicted octanol–water partition coefficient (Wildman–Crippen LogP) is 10.2. The number of nitrogens with zero attached hydrogens (tertiary/aromatic N) is 5. The van der Waals surface area contributed by atoms with Crippen molar-refractivity contribution in [3.8, 4) is 16.9 Å². The molecule has 2 aliphatic carbocycles. The van der Waals surface area contributed by atoms with Gasteiger partial charge in [0.2, 0.25) is 5.91 Å². The molecule has 4 aromatic rings. The number of hydrogen-bond acceptors (Lipinski definition) is 10. The number of benzene rings is 2. The van der Waals surface area contributed by atoms with Gasteiger partial charge in [0.15, 0.2) is 0 Å². The molecule has 63 heavy (non-hydrogen) atoms. The standard InChI is InChI=1S/C51H71N7O4S/c1-34(46-28-40(33-63-46)41-11-9-8-10-39(41)32-56(6)49(60)62-50(3,4)5)53-47-43-29-42(45(61-7)30-44(43)54-35(2)55-47)37-12-14-38(15-13-37)48(59)58-26-24-57(25-27-58)31-36-16-18-51(19-17-36)20-22-52-23-21-51/h8-11,28-30,33-34,36-38,52H,12-27,31-32H2,1-7H3,(H,53,54,55)/t34-,37?,38?/m1/s1. The van der Waals surface area contributed by atoms with Crippen molar-refractivity contribution in [1.29, 1.82) is 0 Å². The first kappa shape index (κ1) is 45.3. The van der Waals surface area contributed by atoms with E-state index in [1.165, 1.54) is 68.6 Å². The molecule has 340 valence electrons. The quantitative estimate of drug-likeness (QED) is 0.152. The molecule has 2 aromatic heterocycles. The molecule has 2 saturated carbocycles. The Hall–Kier alpha value is -4.26. The second-order valence-corrected chi connectivity index (χ2v) is 21.1. The molecule has 4 aliphatic rings. The number of piperidine rings is 1. The second kappa shape index (κ2) is 19.5. The molecule has 11 nitrogen and oxygen atoms in total. The highest BCUT2D eigenvalue weighted by Gasteiger charge is 2.38. The number of piperazine rings is 1. The first-order valence-corrected chi connectivity index (χ1v) is 24.6. The van der Waals surface area contributed by atoms with E-state index in [0.717, 1.165) is 96.9 Å². The highest BCUT2D eigenvalue weighted by atomic mass is 32.1. The van der Waals surface area contributed by atoms with Gasteiger partial charge >= 0.3 is 6.09 Å². The number of thiophene rings is 1. The summed E-state index contributed by atoms with van der Waals surface area (Å²) in [5.74, 6) is 3.93. The van der Waals surface area contributed by atoms with Crippen LogP contribution in [0.4, 0.5) is 10.6 Å². The van der Waals surface area contributed by atoms with Crippen LogP contribution in [0.2, 0.25) is 0 Å². The van der Waals surface area contributed by atoms with Crippen LogP contribution in [0.25, 0.3) is 22.0 Å². The van der Waals surface area contributed by atoms with Crippen molar-refractivity contribution < 1.29 is 19.1 Å². The summed E-state index contributed by atoms with van der Waals surface area (Å²) in [6.45, 7) is 17.5. The Balaban J connectivity index is 0.882. The smallest absolute Gasteiger partial charge is 0.410 e. The van der Waals surface area contributed by atoms with Crippen molar-refractivity contribution in [2.75, 3.05) is 65.3 Å². The average Bonchev–Trinajstić information content (AvgIpc) is 3.77. The number of aromatic nitrogens is 2. The lowest BCUT2D eigenvalue weighted by atomic mass is 9.65. The van der Waals surface area contributed by atoms with Gasteiger partial charge in [-0.1, -0.05) is 24.3 Å². The van der Waals surface area contributed by atoms with Gasteiger partial charge in [-0.15, -0.1) is 11.3 Å². The molecule has 1 atom stereocenters. The number of carbonyl (C=O) groups excluding carboxylic acids is 2. The van der Waals surface area contributed by atoms with Crippen LogP contribution in [0.3, 0.4) is 0 Å². The van der Waals surface area contributed by atoms with Gasteiger partial charge in [-0.3, -0.25) is 9.69 Å². The molecule has 2 amide bonds. The van der Waals surface area contributed by atoms with Crippen LogP contribution < -0.4 is 15.4 Å². The Morgan fingerprint density at radius 1 is 0.968 bits per heavy atom. The summed E-state index contributed by atoms with van der Waals surface area (Å²) in [5.41, 5.74) is 5.36. The Morgan fingerprint density at radius 2 is 1.68 bits per heavy atom. The lowest BCUT2D eigenvalue weighted by molar-refractivity contribution is -0.138. The van der Waals surface area contributed by atoms with E-state index in [2.05, 4.69) is 63.1 Å². The number of amides is 2. The third kappa shape index (κ3) is 10.8. The number of carbonyl (C=O) groups is 2. The number of aryl methyl sites for hydroxylation is 1. The van der Waals surface area contributed by atoms with Gasteiger partial charge in [0, 0.05) is 68.6 Å². The third-order valence-corrected chi connectivity index (χ3v) is 15.7. The van der Waals surface area contributed by atoms with Crippen molar-refractivity contribution in [3.63, 3.8) is 0 Å². The summed E-state index contributed by atoms with van der Waals surface area (Å²) in [5, 5.41) is 10.5. The van der Waals surface area contributed by atoms with Crippen LogP contribution in [-0.2, 0) is 16.1 Å².